The maximum Gasteiger partial charge on any atom is 0.309 e. The molecule has 0 N–H and O–H groups in total. The summed E-state index contributed by atoms with van der Waals surface area (Å²) in [5, 5.41) is 0. The summed E-state index contributed by atoms with van der Waals surface area (Å²) in [6.45, 7) is 4.44. The van der Waals surface area contributed by atoms with E-state index in [1.54, 1.807) is 0 Å². The number of carbonyl (C=O) groups excluding carboxylic acids is 1. The van der Waals surface area contributed by atoms with Crippen LogP contribution in [0.1, 0.15) is 39.5 Å². The third-order valence-corrected chi connectivity index (χ3v) is 4.34. The van der Waals surface area contributed by atoms with E-state index in [2.05, 4.69) is 19.9 Å². The van der Waals surface area contributed by atoms with Crippen molar-refractivity contribution in [1.82, 2.24) is 0 Å². The summed E-state index contributed by atoms with van der Waals surface area (Å²) >= 11 is 0. The first kappa shape index (κ1) is 10.7. The van der Waals surface area contributed by atoms with Crippen LogP contribution in [0.4, 0.5) is 0 Å². The van der Waals surface area contributed by atoms with Gasteiger partial charge < -0.3 is 4.74 Å². The molecule has 0 heterocycles. The van der Waals surface area contributed by atoms with Crippen molar-refractivity contribution in [1.29, 1.82) is 0 Å². The van der Waals surface area contributed by atoms with Crippen LogP contribution < -0.4 is 0 Å². The Morgan fingerprint density at radius 3 is 2.87 bits per heavy atom. The summed E-state index contributed by atoms with van der Waals surface area (Å²) in [7, 11) is 1.49. The van der Waals surface area contributed by atoms with Gasteiger partial charge in [0.2, 0.25) is 0 Å². The highest BCUT2D eigenvalue weighted by Gasteiger charge is 2.59. The number of methoxy groups -OCH3 is 1. The predicted octanol–water partition coefficient (Wildman–Crippen LogP) is 2.93. The molecule has 2 aliphatic rings. The Balaban J connectivity index is 1.99. The monoisotopic (exact) mass is 208 g/mol. The average molecular weight is 208 g/mol. The largest absolute Gasteiger partial charge is 0.469 e. The van der Waals surface area contributed by atoms with Crippen LogP contribution in [0.3, 0.4) is 0 Å². The van der Waals surface area contributed by atoms with Gasteiger partial charge in [-0.05, 0) is 43.9 Å². The second-order valence-electron chi connectivity index (χ2n) is 5.31. The number of hydrogen-bond acceptors (Lipinski definition) is 2. The smallest absolute Gasteiger partial charge is 0.309 e. The molecule has 15 heavy (non-hydrogen) atoms. The van der Waals surface area contributed by atoms with Crippen molar-refractivity contribution >= 4 is 5.97 Å². The van der Waals surface area contributed by atoms with E-state index in [1.807, 2.05) is 0 Å². The molecule has 1 saturated carbocycles. The van der Waals surface area contributed by atoms with Crippen molar-refractivity contribution < 1.29 is 9.53 Å². The van der Waals surface area contributed by atoms with Crippen LogP contribution in [-0.2, 0) is 9.53 Å². The van der Waals surface area contributed by atoms with Crippen molar-refractivity contribution in [2.75, 3.05) is 7.11 Å². The molecule has 2 rings (SSSR count). The van der Waals surface area contributed by atoms with Crippen LogP contribution in [-0.4, -0.2) is 13.1 Å². The maximum absolute atomic E-state index is 11.5. The first-order chi connectivity index (χ1) is 7.08. The van der Waals surface area contributed by atoms with Gasteiger partial charge >= 0.3 is 5.97 Å². The van der Waals surface area contributed by atoms with Gasteiger partial charge in [-0.15, -0.1) is 0 Å². The number of rotatable bonds is 2. The summed E-state index contributed by atoms with van der Waals surface area (Å²) in [4.78, 5) is 11.5. The van der Waals surface area contributed by atoms with Gasteiger partial charge in [-0.25, -0.2) is 0 Å². The van der Waals surface area contributed by atoms with Gasteiger partial charge in [-0.1, -0.05) is 18.6 Å². The van der Waals surface area contributed by atoms with Crippen molar-refractivity contribution in [3.63, 3.8) is 0 Å². The van der Waals surface area contributed by atoms with Crippen LogP contribution in [0.25, 0.3) is 0 Å². The van der Waals surface area contributed by atoms with Gasteiger partial charge in [0.15, 0.2) is 0 Å². The Bertz CT molecular complexity index is 306. The van der Waals surface area contributed by atoms with Gasteiger partial charge in [0.05, 0.1) is 13.0 Å². The van der Waals surface area contributed by atoms with E-state index in [0.717, 1.165) is 12.8 Å². The number of carbonyl (C=O) groups is 1. The van der Waals surface area contributed by atoms with Crippen molar-refractivity contribution in [3.05, 3.63) is 11.6 Å². The second kappa shape index (κ2) is 3.66. The topological polar surface area (TPSA) is 26.3 Å². The lowest BCUT2D eigenvalue weighted by molar-refractivity contribution is -0.143. The molecule has 0 bridgehead atoms. The van der Waals surface area contributed by atoms with Crippen LogP contribution in [0.15, 0.2) is 11.6 Å². The van der Waals surface area contributed by atoms with Crippen LogP contribution in [0, 0.1) is 17.3 Å². The highest BCUT2D eigenvalue weighted by molar-refractivity contribution is 5.76. The Morgan fingerprint density at radius 2 is 2.33 bits per heavy atom. The standard InChI is InChI=1S/C13H20O2/c1-9-4-6-10(7-5-9)13(2)8-11(13)12(14)15-3/h4,10-11H,5-8H2,1-3H3. The molecular formula is C13H20O2. The number of ether oxygens (including phenoxy) is 1. The number of hydrogen-bond donors (Lipinski definition) is 0. The average Bonchev–Trinajstić information content (AvgIpc) is 2.92. The Labute approximate surface area is 91.7 Å². The lowest BCUT2D eigenvalue weighted by Gasteiger charge is -2.27. The molecule has 3 unspecified atom stereocenters. The molecule has 84 valence electrons. The lowest BCUT2D eigenvalue weighted by Crippen LogP contribution is -2.20. The van der Waals surface area contributed by atoms with Crippen LogP contribution >= 0.6 is 0 Å². The summed E-state index contributed by atoms with van der Waals surface area (Å²) in [6, 6.07) is 0. The summed E-state index contributed by atoms with van der Waals surface area (Å²) in [6.07, 6.45) is 6.96. The summed E-state index contributed by atoms with van der Waals surface area (Å²) < 4.78 is 4.83. The maximum atomic E-state index is 11.5. The van der Waals surface area contributed by atoms with E-state index < -0.39 is 0 Å². The fraction of sp³-hybridized carbons (Fsp3) is 0.769. The molecule has 0 aliphatic heterocycles. The quantitative estimate of drug-likeness (QED) is 0.515. The zero-order valence-corrected chi connectivity index (χ0v) is 9.88. The third-order valence-electron chi connectivity index (χ3n) is 4.34. The Kier molecular flexibility index (Phi) is 2.61. The molecule has 0 radical (unpaired) electrons. The predicted molar refractivity (Wildman–Crippen MR) is 59.3 cm³/mol. The molecular weight excluding hydrogens is 188 g/mol. The number of allylic oxidation sites excluding steroid dienone is 2. The molecule has 0 spiro atoms. The van der Waals surface area contributed by atoms with Crippen molar-refractivity contribution in [2.24, 2.45) is 17.3 Å². The van der Waals surface area contributed by atoms with E-state index >= 15 is 0 Å². The zero-order chi connectivity index (χ0) is 11.1. The van der Waals surface area contributed by atoms with Gasteiger partial charge in [-0.2, -0.15) is 0 Å². The Morgan fingerprint density at radius 1 is 1.60 bits per heavy atom. The van der Waals surface area contributed by atoms with Crippen molar-refractivity contribution in [3.8, 4) is 0 Å². The van der Waals surface area contributed by atoms with Gasteiger partial charge in [-0.3, -0.25) is 4.79 Å². The molecule has 0 aromatic rings. The summed E-state index contributed by atoms with van der Waals surface area (Å²) in [5.74, 6) is 0.841. The molecule has 0 aromatic carbocycles. The van der Waals surface area contributed by atoms with Gasteiger partial charge in [0.25, 0.3) is 0 Å². The lowest BCUT2D eigenvalue weighted by atomic mass is 9.78. The highest BCUT2D eigenvalue weighted by Crippen LogP contribution is 2.60. The molecule has 0 amide bonds. The minimum atomic E-state index is -0.0104. The number of esters is 1. The normalized spacial score (nSPS) is 39.5. The van der Waals surface area contributed by atoms with Gasteiger partial charge in [0, 0.05) is 0 Å². The molecule has 0 aromatic heterocycles. The van der Waals surface area contributed by atoms with E-state index in [0.29, 0.717) is 5.92 Å². The van der Waals surface area contributed by atoms with Crippen LogP contribution in [0.2, 0.25) is 0 Å². The van der Waals surface area contributed by atoms with E-state index in [1.165, 1.54) is 25.5 Å². The van der Waals surface area contributed by atoms with Gasteiger partial charge in [0.1, 0.15) is 0 Å². The van der Waals surface area contributed by atoms with E-state index in [4.69, 9.17) is 4.74 Å². The van der Waals surface area contributed by atoms with Crippen molar-refractivity contribution in [2.45, 2.75) is 39.5 Å². The molecule has 1 fully saturated rings. The molecule has 2 aliphatic carbocycles. The van der Waals surface area contributed by atoms with E-state index in [9.17, 15) is 4.79 Å². The highest BCUT2D eigenvalue weighted by atomic mass is 16.5. The summed E-state index contributed by atoms with van der Waals surface area (Å²) in [5.41, 5.74) is 1.73. The van der Waals surface area contributed by atoms with E-state index in [-0.39, 0.29) is 17.3 Å². The zero-order valence-electron chi connectivity index (χ0n) is 9.88. The molecule has 2 nitrogen and oxygen atoms in total. The molecule has 3 atom stereocenters. The fourth-order valence-corrected chi connectivity index (χ4v) is 2.89. The first-order valence-corrected chi connectivity index (χ1v) is 5.81. The first-order valence-electron chi connectivity index (χ1n) is 5.81. The minimum Gasteiger partial charge on any atom is -0.469 e. The second-order valence-corrected chi connectivity index (χ2v) is 5.31. The minimum absolute atomic E-state index is 0.0104. The third kappa shape index (κ3) is 1.82. The SMILES string of the molecule is COC(=O)C1CC1(C)C1CC=C(C)CC1. The fourth-order valence-electron chi connectivity index (χ4n) is 2.89. The van der Waals surface area contributed by atoms with Crippen LogP contribution in [0.5, 0.6) is 0 Å². The molecule has 2 heteroatoms. The Hall–Kier alpha value is -0.790. The molecule has 0 saturated heterocycles.